The van der Waals surface area contributed by atoms with Crippen LogP contribution < -0.4 is 5.32 Å². The maximum atomic E-state index is 11.4. The number of nitrogens with one attached hydrogen (secondary N) is 1. The van der Waals surface area contributed by atoms with Gasteiger partial charge in [0.25, 0.3) is 0 Å². The van der Waals surface area contributed by atoms with Crippen LogP contribution in [0.25, 0.3) is 0 Å². The van der Waals surface area contributed by atoms with Crippen molar-refractivity contribution in [1.82, 2.24) is 5.32 Å². The van der Waals surface area contributed by atoms with Gasteiger partial charge in [-0.05, 0) is 26.2 Å². The highest BCUT2D eigenvalue weighted by atomic mass is 16.5. The first-order valence-corrected chi connectivity index (χ1v) is 5.50. The fraction of sp³-hybridized carbons (Fsp3) is 0.818. The lowest BCUT2D eigenvalue weighted by atomic mass is 10.1. The van der Waals surface area contributed by atoms with Crippen molar-refractivity contribution in [2.45, 2.75) is 51.2 Å². The molecule has 2 atom stereocenters. The Labute approximate surface area is 90.6 Å². The van der Waals surface area contributed by atoms with Gasteiger partial charge in [-0.3, -0.25) is 4.79 Å². The fourth-order valence-electron chi connectivity index (χ4n) is 1.70. The molecule has 1 aliphatic rings. The minimum atomic E-state index is -0.0491. The zero-order chi connectivity index (χ0) is 11.1. The summed E-state index contributed by atoms with van der Waals surface area (Å²) >= 11 is 0. The number of hydrogen-bond acceptors (Lipinski definition) is 3. The molecule has 1 saturated heterocycles. The zero-order valence-corrected chi connectivity index (χ0v) is 9.16. The summed E-state index contributed by atoms with van der Waals surface area (Å²) < 4.78 is 5.42. The van der Waals surface area contributed by atoms with E-state index >= 15 is 0 Å². The maximum absolute atomic E-state index is 11.4. The Morgan fingerprint density at radius 2 is 2.53 bits per heavy atom. The maximum Gasteiger partial charge on any atom is 0.220 e. The zero-order valence-electron chi connectivity index (χ0n) is 9.16. The molecule has 1 aliphatic heterocycles. The normalized spacial score (nSPS) is 22.0. The standard InChI is InChI=1S/C11H18N2O2/c1-9(6-7-12)13-11(14)5-4-10-3-2-8-15-10/h9-10H,2-6,8H2,1H3,(H,13,14). The van der Waals surface area contributed by atoms with E-state index in [2.05, 4.69) is 5.32 Å². The molecular formula is C11H18N2O2. The summed E-state index contributed by atoms with van der Waals surface area (Å²) in [6, 6.07) is 1.98. The van der Waals surface area contributed by atoms with Crippen LogP contribution in [0.4, 0.5) is 0 Å². The number of rotatable bonds is 5. The van der Waals surface area contributed by atoms with Crippen LogP contribution in [0.5, 0.6) is 0 Å². The van der Waals surface area contributed by atoms with Gasteiger partial charge in [-0.2, -0.15) is 5.26 Å². The van der Waals surface area contributed by atoms with Crippen molar-refractivity contribution in [3.05, 3.63) is 0 Å². The molecule has 1 rings (SSSR count). The first-order valence-electron chi connectivity index (χ1n) is 5.50. The molecule has 1 N–H and O–H groups in total. The highest BCUT2D eigenvalue weighted by molar-refractivity contribution is 5.76. The van der Waals surface area contributed by atoms with E-state index in [0.29, 0.717) is 12.8 Å². The van der Waals surface area contributed by atoms with Crippen LogP contribution in [0.1, 0.15) is 39.0 Å². The third kappa shape index (κ3) is 4.80. The highest BCUT2D eigenvalue weighted by Gasteiger charge is 2.17. The van der Waals surface area contributed by atoms with Crippen molar-refractivity contribution in [2.75, 3.05) is 6.61 Å². The van der Waals surface area contributed by atoms with Crippen LogP contribution in [0.15, 0.2) is 0 Å². The Balaban J connectivity index is 2.10. The summed E-state index contributed by atoms with van der Waals surface area (Å²) in [6.45, 7) is 2.67. The van der Waals surface area contributed by atoms with Crippen molar-refractivity contribution in [3.63, 3.8) is 0 Å². The summed E-state index contributed by atoms with van der Waals surface area (Å²) in [7, 11) is 0. The second-order valence-corrected chi connectivity index (χ2v) is 4.00. The number of carbonyl (C=O) groups is 1. The van der Waals surface area contributed by atoms with Crippen LogP contribution in [0.2, 0.25) is 0 Å². The molecule has 15 heavy (non-hydrogen) atoms. The Hall–Kier alpha value is -1.08. The molecular weight excluding hydrogens is 192 g/mol. The molecule has 2 unspecified atom stereocenters. The summed E-state index contributed by atoms with van der Waals surface area (Å²) in [5, 5.41) is 11.2. The molecule has 0 bridgehead atoms. The van der Waals surface area contributed by atoms with E-state index in [0.717, 1.165) is 25.9 Å². The van der Waals surface area contributed by atoms with E-state index in [1.807, 2.05) is 13.0 Å². The summed E-state index contributed by atoms with van der Waals surface area (Å²) in [6.07, 6.45) is 4.11. The number of nitriles is 1. The van der Waals surface area contributed by atoms with E-state index in [-0.39, 0.29) is 18.1 Å². The van der Waals surface area contributed by atoms with Crippen molar-refractivity contribution < 1.29 is 9.53 Å². The van der Waals surface area contributed by atoms with Crippen molar-refractivity contribution in [2.24, 2.45) is 0 Å². The van der Waals surface area contributed by atoms with Gasteiger partial charge in [0.15, 0.2) is 0 Å². The molecule has 0 aromatic rings. The summed E-state index contributed by atoms with van der Waals surface area (Å²) in [5.74, 6) is 0.0215. The van der Waals surface area contributed by atoms with Gasteiger partial charge >= 0.3 is 0 Å². The van der Waals surface area contributed by atoms with Gasteiger partial charge in [-0.1, -0.05) is 0 Å². The average Bonchev–Trinajstić information content (AvgIpc) is 2.67. The molecule has 0 saturated carbocycles. The van der Waals surface area contributed by atoms with Gasteiger partial charge in [0.2, 0.25) is 5.91 Å². The first-order chi connectivity index (χ1) is 7.22. The van der Waals surface area contributed by atoms with E-state index in [1.54, 1.807) is 0 Å². The molecule has 4 heteroatoms. The minimum Gasteiger partial charge on any atom is -0.378 e. The average molecular weight is 210 g/mol. The Kier molecular flexibility index (Phi) is 5.13. The molecule has 4 nitrogen and oxygen atoms in total. The number of amides is 1. The summed E-state index contributed by atoms with van der Waals surface area (Å²) in [4.78, 5) is 11.4. The van der Waals surface area contributed by atoms with Crippen LogP contribution in [0, 0.1) is 11.3 Å². The van der Waals surface area contributed by atoms with Gasteiger partial charge in [-0.25, -0.2) is 0 Å². The fourth-order valence-corrected chi connectivity index (χ4v) is 1.70. The van der Waals surface area contributed by atoms with E-state index < -0.39 is 0 Å². The molecule has 84 valence electrons. The van der Waals surface area contributed by atoms with Gasteiger partial charge in [0.1, 0.15) is 0 Å². The molecule has 0 aliphatic carbocycles. The van der Waals surface area contributed by atoms with E-state index in [9.17, 15) is 4.79 Å². The Morgan fingerprint density at radius 1 is 1.73 bits per heavy atom. The number of nitrogens with zero attached hydrogens (tertiary/aromatic N) is 1. The lowest BCUT2D eigenvalue weighted by molar-refractivity contribution is -0.122. The van der Waals surface area contributed by atoms with Crippen LogP contribution in [0.3, 0.4) is 0 Å². The quantitative estimate of drug-likeness (QED) is 0.745. The lowest BCUT2D eigenvalue weighted by Gasteiger charge is -2.12. The monoisotopic (exact) mass is 210 g/mol. The van der Waals surface area contributed by atoms with Gasteiger partial charge in [0.05, 0.1) is 18.6 Å². The topological polar surface area (TPSA) is 62.1 Å². The first kappa shape index (κ1) is 12.0. The highest BCUT2D eigenvalue weighted by Crippen LogP contribution is 2.16. The molecule has 0 radical (unpaired) electrons. The molecule has 0 aromatic heterocycles. The Bertz CT molecular complexity index is 241. The molecule has 1 heterocycles. The third-order valence-electron chi connectivity index (χ3n) is 2.52. The van der Waals surface area contributed by atoms with Crippen LogP contribution in [-0.4, -0.2) is 24.7 Å². The van der Waals surface area contributed by atoms with Crippen molar-refractivity contribution in [1.29, 1.82) is 5.26 Å². The molecule has 0 spiro atoms. The Morgan fingerprint density at radius 3 is 3.13 bits per heavy atom. The third-order valence-corrected chi connectivity index (χ3v) is 2.52. The number of carbonyl (C=O) groups excluding carboxylic acids is 1. The second-order valence-electron chi connectivity index (χ2n) is 4.00. The molecule has 0 aromatic carbocycles. The number of ether oxygens (including phenoxy) is 1. The van der Waals surface area contributed by atoms with Gasteiger partial charge in [-0.15, -0.1) is 0 Å². The van der Waals surface area contributed by atoms with Crippen molar-refractivity contribution in [3.8, 4) is 6.07 Å². The second kappa shape index (κ2) is 6.41. The largest absolute Gasteiger partial charge is 0.378 e. The smallest absolute Gasteiger partial charge is 0.220 e. The molecule has 1 amide bonds. The van der Waals surface area contributed by atoms with Gasteiger partial charge < -0.3 is 10.1 Å². The van der Waals surface area contributed by atoms with E-state index in [4.69, 9.17) is 10.00 Å². The SMILES string of the molecule is CC(CC#N)NC(=O)CCC1CCCO1. The summed E-state index contributed by atoms with van der Waals surface area (Å²) in [5.41, 5.74) is 0. The number of hydrogen-bond donors (Lipinski definition) is 1. The lowest BCUT2D eigenvalue weighted by Crippen LogP contribution is -2.32. The van der Waals surface area contributed by atoms with Crippen molar-refractivity contribution >= 4 is 5.91 Å². The molecule has 1 fully saturated rings. The van der Waals surface area contributed by atoms with E-state index in [1.165, 1.54) is 0 Å². The predicted octanol–water partition coefficient (Wildman–Crippen LogP) is 1.36. The predicted molar refractivity (Wildman–Crippen MR) is 56.0 cm³/mol. The van der Waals surface area contributed by atoms with Crippen LogP contribution >= 0.6 is 0 Å². The minimum absolute atomic E-state index is 0.0215. The van der Waals surface area contributed by atoms with Gasteiger partial charge in [0, 0.05) is 19.1 Å². The van der Waals surface area contributed by atoms with Crippen LogP contribution in [-0.2, 0) is 9.53 Å².